The van der Waals surface area contributed by atoms with E-state index in [4.69, 9.17) is 4.42 Å². The lowest BCUT2D eigenvalue weighted by atomic mass is 10.1. The Hall–Kier alpha value is -2.96. The van der Waals surface area contributed by atoms with Gasteiger partial charge in [0, 0.05) is 12.7 Å². The molecule has 0 unspecified atom stereocenters. The first-order chi connectivity index (χ1) is 11.3. The summed E-state index contributed by atoms with van der Waals surface area (Å²) in [6.45, 7) is 1.40. The van der Waals surface area contributed by atoms with E-state index in [9.17, 15) is 4.79 Å². The molecule has 1 aliphatic heterocycles. The summed E-state index contributed by atoms with van der Waals surface area (Å²) >= 11 is 0. The number of nitrogens with zero attached hydrogens (tertiary/aromatic N) is 4. The summed E-state index contributed by atoms with van der Waals surface area (Å²) in [4.78, 5) is 30.4. The van der Waals surface area contributed by atoms with Crippen molar-refractivity contribution >= 4 is 5.82 Å². The van der Waals surface area contributed by atoms with Gasteiger partial charge in [0.05, 0.1) is 17.8 Å². The van der Waals surface area contributed by atoms with E-state index in [1.165, 1.54) is 6.39 Å². The van der Waals surface area contributed by atoms with Crippen LogP contribution in [0.15, 0.2) is 46.3 Å². The topological polar surface area (TPSA) is 87.9 Å². The van der Waals surface area contributed by atoms with Gasteiger partial charge in [-0.05, 0) is 25.0 Å². The van der Waals surface area contributed by atoms with Gasteiger partial charge in [0.25, 0.3) is 5.56 Å². The standard InChI is InChI=1S/C16H15N5O2/c22-16-12-4-3-7-21(8-11-9-23-10-18-11)15(12)19-14(20-16)13-5-1-2-6-17-13/h1-2,5-6,9-10H,3-4,7-8H2,(H,19,20,22). The van der Waals surface area contributed by atoms with Crippen LogP contribution in [0.2, 0.25) is 0 Å². The number of aromatic nitrogens is 4. The summed E-state index contributed by atoms with van der Waals surface area (Å²) < 4.78 is 5.02. The Morgan fingerprint density at radius 2 is 2.26 bits per heavy atom. The number of H-pyrrole nitrogens is 1. The van der Waals surface area contributed by atoms with Gasteiger partial charge in [-0.3, -0.25) is 9.78 Å². The summed E-state index contributed by atoms with van der Waals surface area (Å²) in [5.74, 6) is 1.20. The maximum absolute atomic E-state index is 12.4. The maximum atomic E-state index is 12.4. The minimum atomic E-state index is -0.0968. The molecule has 1 N–H and O–H groups in total. The summed E-state index contributed by atoms with van der Waals surface area (Å²) in [6, 6.07) is 5.53. The zero-order valence-corrected chi connectivity index (χ0v) is 12.4. The van der Waals surface area contributed by atoms with Crippen molar-refractivity contribution in [2.24, 2.45) is 0 Å². The van der Waals surface area contributed by atoms with Crippen LogP contribution < -0.4 is 10.5 Å². The molecule has 116 valence electrons. The predicted octanol–water partition coefficient (Wildman–Crippen LogP) is 1.77. The normalized spacial score (nSPS) is 13.8. The van der Waals surface area contributed by atoms with E-state index >= 15 is 0 Å². The van der Waals surface area contributed by atoms with Crippen LogP contribution in [0.1, 0.15) is 17.7 Å². The summed E-state index contributed by atoms with van der Waals surface area (Å²) in [5, 5.41) is 0. The number of oxazole rings is 1. The molecule has 3 aromatic rings. The maximum Gasteiger partial charge on any atom is 0.256 e. The number of anilines is 1. The van der Waals surface area contributed by atoms with Gasteiger partial charge in [-0.15, -0.1) is 0 Å². The Balaban J connectivity index is 1.77. The average molecular weight is 309 g/mol. The predicted molar refractivity (Wildman–Crippen MR) is 84.0 cm³/mol. The van der Waals surface area contributed by atoms with Crippen LogP contribution in [-0.2, 0) is 13.0 Å². The second kappa shape index (κ2) is 5.68. The second-order valence-electron chi connectivity index (χ2n) is 5.44. The molecule has 0 amide bonds. The van der Waals surface area contributed by atoms with Crippen molar-refractivity contribution in [3.05, 3.63) is 58.7 Å². The highest BCUT2D eigenvalue weighted by Crippen LogP contribution is 2.25. The minimum absolute atomic E-state index is 0.0968. The van der Waals surface area contributed by atoms with Crippen molar-refractivity contribution in [1.29, 1.82) is 0 Å². The van der Waals surface area contributed by atoms with Crippen molar-refractivity contribution in [2.45, 2.75) is 19.4 Å². The zero-order chi connectivity index (χ0) is 15.6. The third-order valence-corrected chi connectivity index (χ3v) is 3.89. The second-order valence-corrected chi connectivity index (χ2v) is 5.44. The third kappa shape index (κ3) is 2.61. The molecular weight excluding hydrogens is 294 g/mol. The van der Waals surface area contributed by atoms with E-state index in [0.29, 0.717) is 23.9 Å². The van der Waals surface area contributed by atoms with Crippen molar-refractivity contribution in [3.63, 3.8) is 0 Å². The smallest absolute Gasteiger partial charge is 0.256 e. The first-order valence-electron chi connectivity index (χ1n) is 7.48. The van der Waals surface area contributed by atoms with Crippen molar-refractivity contribution in [3.8, 4) is 11.5 Å². The van der Waals surface area contributed by atoms with Gasteiger partial charge >= 0.3 is 0 Å². The van der Waals surface area contributed by atoms with Gasteiger partial charge in [0.1, 0.15) is 17.8 Å². The summed E-state index contributed by atoms with van der Waals surface area (Å²) in [5.41, 5.74) is 2.10. The highest BCUT2D eigenvalue weighted by atomic mass is 16.3. The molecule has 3 aromatic heterocycles. The van der Waals surface area contributed by atoms with Gasteiger partial charge in [-0.25, -0.2) is 9.97 Å². The number of hydrogen-bond acceptors (Lipinski definition) is 6. The molecule has 0 bridgehead atoms. The fraction of sp³-hybridized carbons (Fsp3) is 0.250. The fourth-order valence-electron chi connectivity index (χ4n) is 2.81. The van der Waals surface area contributed by atoms with E-state index < -0.39 is 0 Å². The van der Waals surface area contributed by atoms with Gasteiger partial charge in [-0.2, -0.15) is 0 Å². The summed E-state index contributed by atoms with van der Waals surface area (Å²) in [6.07, 6.45) is 6.35. The van der Waals surface area contributed by atoms with Gasteiger partial charge in [0.2, 0.25) is 0 Å². The van der Waals surface area contributed by atoms with Gasteiger partial charge in [0.15, 0.2) is 12.2 Å². The summed E-state index contributed by atoms with van der Waals surface area (Å²) in [7, 11) is 0. The lowest BCUT2D eigenvalue weighted by Crippen LogP contribution is -2.34. The Morgan fingerprint density at radius 1 is 1.30 bits per heavy atom. The molecule has 7 heteroatoms. The van der Waals surface area contributed by atoms with E-state index in [1.807, 2.05) is 18.2 Å². The van der Waals surface area contributed by atoms with Crippen LogP contribution >= 0.6 is 0 Å². The van der Waals surface area contributed by atoms with Crippen LogP contribution in [0, 0.1) is 0 Å². The molecule has 0 spiro atoms. The third-order valence-electron chi connectivity index (χ3n) is 3.89. The monoisotopic (exact) mass is 309 g/mol. The van der Waals surface area contributed by atoms with Crippen LogP contribution in [0.25, 0.3) is 11.5 Å². The highest BCUT2D eigenvalue weighted by molar-refractivity contribution is 5.56. The fourth-order valence-corrected chi connectivity index (χ4v) is 2.81. The Morgan fingerprint density at radius 3 is 3.04 bits per heavy atom. The highest BCUT2D eigenvalue weighted by Gasteiger charge is 2.23. The molecule has 0 saturated carbocycles. The number of rotatable bonds is 3. The van der Waals surface area contributed by atoms with E-state index in [0.717, 1.165) is 30.6 Å². The lowest BCUT2D eigenvalue weighted by molar-refractivity contribution is 0.555. The quantitative estimate of drug-likeness (QED) is 0.793. The molecule has 0 fully saturated rings. The number of nitrogens with one attached hydrogen (secondary N) is 1. The van der Waals surface area contributed by atoms with Gasteiger partial charge in [-0.1, -0.05) is 6.07 Å². The molecule has 0 aliphatic carbocycles. The molecule has 7 nitrogen and oxygen atoms in total. The average Bonchev–Trinajstić information content (AvgIpc) is 3.09. The molecule has 0 aromatic carbocycles. The Kier molecular flexibility index (Phi) is 3.38. The number of fused-ring (bicyclic) bond motifs is 1. The van der Waals surface area contributed by atoms with Crippen molar-refractivity contribution < 1.29 is 4.42 Å². The lowest BCUT2D eigenvalue weighted by Gasteiger charge is -2.29. The Labute approximate surface area is 132 Å². The molecule has 0 saturated heterocycles. The van der Waals surface area contributed by atoms with Crippen LogP contribution in [0.4, 0.5) is 5.82 Å². The van der Waals surface area contributed by atoms with E-state index in [2.05, 4.69) is 24.8 Å². The van der Waals surface area contributed by atoms with Gasteiger partial charge < -0.3 is 14.3 Å². The molecule has 0 atom stereocenters. The number of pyridine rings is 1. The van der Waals surface area contributed by atoms with Crippen molar-refractivity contribution in [1.82, 2.24) is 19.9 Å². The van der Waals surface area contributed by atoms with Crippen molar-refractivity contribution in [2.75, 3.05) is 11.4 Å². The van der Waals surface area contributed by atoms with Crippen LogP contribution in [-0.4, -0.2) is 26.5 Å². The van der Waals surface area contributed by atoms with Crippen LogP contribution in [0.3, 0.4) is 0 Å². The first kappa shape index (κ1) is 13.7. The molecule has 4 rings (SSSR count). The molecule has 1 aliphatic rings. The first-order valence-corrected chi connectivity index (χ1v) is 7.48. The molecule has 0 radical (unpaired) electrons. The number of hydrogen-bond donors (Lipinski definition) is 1. The number of aromatic amines is 1. The van der Waals surface area contributed by atoms with Crippen LogP contribution in [0.5, 0.6) is 0 Å². The largest absolute Gasteiger partial charge is 0.451 e. The molecular formula is C16H15N5O2. The minimum Gasteiger partial charge on any atom is -0.451 e. The Bertz CT molecular complexity index is 858. The molecule has 4 heterocycles. The SMILES string of the molecule is O=c1[nH]c(-c2ccccn2)nc2c1CCCN2Cc1cocn1. The van der Waals surface area contributed by atoms with E-state index in [-0.39, 0.29) is 5.56 Å². The molecule has 23 heavy (non-hydrogen) atoms. The van der Waals surface area contributed by atoms with E-state index in [1.54, 1.807) is 12.5 Å². The zero-order valence-electron chi connectivity index (χ0n) is 12.4.